The van der Waals surface area contributed by atoms with Gasteiger partial charge in [-0.05, 0) is 36.4 Å². The summed E-state index contributed by atoms with van der Waals surface area (Å²) < 4.78 is 5.24. The Balaban J connectivity index is 1.36. The molecular formula is C21H25N7O. The predicted molar refractivity (Wildman–Crippen MR) is 114 cm³/mol. The molecule has 0 unspecified atom stereocenters. The summed E-state index contributed by atoms with van der Waals surface area (Å²) in [6.45, 7) is 4.40. The van der Waals surface area contributed by atoms with Crippen LogP contribution in [0.1, 0.15) is 5.82 Å². The Labute approximate surface area is 170 Å². The van der Waals surface area contributed by atoms with Gasteiger partial charge in [0.15, 0.2) is 0 Å². The SMILES string of the molecule is COc1ccc(N2CCN(Cc3nc(N)nc(Nc4ccccc4)n3)CC2)cc1. The van der Waals surface area contributed by atoms with Gasteiger partial charge >= 0.3 is 0 Å². The van der Waals surface area contributed by atoms with Gasteiger partial charge in [0.2, 0.25) is 11.9 Å². The average molecular weight is 391 g/mol. The summed E-state index contributed by atoms with van der Waals surface area (Å²) in [5, 5.41) is 3.18. The Morgan fingerprint density at radius 3 is 2.34 bits per heavy atom. The Kier molecular flexibility index (Phi) is 5.71. The van der Waals surface area contributed by atoms with E-state index in [0.717, 1.165) is 37.6 Å². The highest BCUT2D eigenvalue weighted by Crippen LogP contribution is 2.21. The predicted octanol–water partition coefficient (Wildman–Crippen LogP) is 2.53. The highest BCUT2D eigenvalue weighted by molar-refractivity contribution is 5.53. The van der Waals surface area contributed by atoms with Crippen LogP contribution in [0.4, 0.5) is 23.3 Å². The van der Waals surface area contributed by atoms with Crippen molar-refractivity contribution in [3.63, 3.8) is 0 Å². The van der Waals surface area contributed by atoms with Crippen LogP contribution in [-0.4, -0.2) is 53.1 Å². The molecule has 29 heavy (non-hydrogen) atoms. The van der Waals surface area contributed by atoms with E-state index in [2.05, 4.69) is 42.2 Å². The molecule has 0 amide bonds. The zero-order valence-electron chi connectivity index (χ0n) is 16.5. The molecule has 1 saturated heterocycles. The van der Waals surface area contributed by atoms with Crippen molar-refractivity contribution in [1.82, 2.24) is 19.9 Å². The van der Waals surface area contributed by atoms with Crippen molar-refractivity contribution in [3.05, 3.63) is 60.4 Å². The summed E-state index contributed by atoms with van der Waals surface area (Å²) >= 11 is 0. The van der Waals surface area contributed by atoms with Crippen molar-refractivity contribution < 1.29 is 4.74 Å². The maximum atomic E-state index is 5.90. The minimum atomic E-state index is 0.227. The Morgan fingerprint density at radius 2 is 1.66 bits per heavy atom. The van der Waals surface area contributed by atoms with Gasteiger partial charge in [0.1, 0.15) is 11.6 Å². The number of rotatable bonds is 6. The lowest BCUT2D eigenvalue weighted by atomic mass is 10.2. The zero-order chi connectivity index (χ0) is 20.1. The fourth-order valence-corrected chi connectivity index (χ4v) is 3.37. The first-order valence-corrected chi connectivity index (χ1v) is 9.63. The Hall–Kier alpha value is -3.39. The average Bonchev–Trinajstić information content (AvgIpc) is 2.75. The minimum absolute atomic E-state index is 0.227. The molecule has 3 aromatic rings. The van der Waals surface area contributed by atoms with Gasteiger partial charge in [0, 0.05) is 37.6 Å². The molecule has 1 aliphatic heterocycles. The number of anilines is 4. The highest BCUT2D eigenvalue weighted by atomic mass is 16.5. The molecule has 4 rings (SSSR count). The number of methoxy groups -OCH3 is 1. The number of piperazine rings is 1. The second-order valence-corrected chi connectivity index (χ2v) is 6.89. The number of hydrogen-bond acceptors (Lipinski definition) is 8. The molecule has 0 aliphatic carbocycles. The van der Waals surface area contributed by atoms with Crippen LogP contribution in [0.25, 0.3) is 0 Å². The molecule has 1 aromatic heterocycles. The van der Waals surface area contributed by atoms with Crippen LogP contribution < -0.4 is 20.7 Å². The standard InChI is InChI=1S/C21H25N7O/c1-29-18-9-7-17(8-10-18)28-13-11-27(12-14-28)15-19-24-20(22)26-21(25-19)23-16-5-3-2-4-6-16/h2-10H,11-15H2,1H3,(H3,22,23,24,25,26). The van der Waals surface area contributed by atoms with Crippen molar-refractivity contribution in [2.24, 2.45) is 0 Å². The van der Waals surface area contributed by atoms with Crippen LogP contribution in [0.15, 0.2) is 54.6 Å². The lowest BCUT2D eigenvalue weighted by Gasteiger charge is -2.35. The summed E-state index contributed by atoms with van der Waals surface area (Å²) in [5.41, 5.74) is 8.03. The van der Waals surface area contributed by atoms with E-state index in [1.165, 1.54) is 5.69 Å². The summed E-state index contributed by atoms with van der Waals surface area (Å²) in [5.74, 6) is 2.24. The van der Waals surface area contributed by atoms with Crippen molar-refractivity contribution >= 4 is 23.3 Å². The smallest absolute Gasteiger partial charge is 0.232 e. The number of nitrogens with two attached hydrogens (primary N) is 1. The van der Waals surface area contributed by atoms with Crippen molar-refractivity contribution in [3.8, 4) is 5.75 Å². The largest absolute Gasteiger partial charge is 0.497 e. The van der Waals surface area contributed by atoms with Crippen LogP contribution >= 0.6 is 0 Å². The minimum Gasteiger partial charge on any atom is -0.497 e. The summed E-state index contributed by atoms with van der Waals surface area (Å²) in [4.78, 5) is 17.8. The molecule has 2 heterocycles. The zero-order valence-corrected chi connectivity index (χ0v) is 16.5. The second-order valence-electron chi connectivity index (χ2n) is 6.89. The fraction of sp³-hybridized carbons (Fsp3) is 0.286. The van der Waals surface area contributed by atoms with Crippen LogP contribution in [0.3, 0.4) is 0 Å². The van der Waals surface area contributed by atoms with Gasteiger partial charge in [0.25, 0.3) is 0 Å². The Bertz CT molecular complexity index is 926. The number of benzene rings is 2. The van der Waals surface area contributed by atoms with E-state index >= 15 is 0 Å². The lowest BCUT2D eigenvalue weighted by Crippen LogP contribution is -2.46. The molecule has 1 fully saturated rings. The van der Waals surface area contributed by atoms with Crippen LogP contribution in [-0.2, 0) is 6.54 Å². The summed E-state index contributed by atoms with van der Waals surface area (Å²) in [7, 11) is 1.68. The van der Waals surface area contributed by atoms with Crippen LogP contribution in [0, 0.1) is 0 Å². The molecule has 0 spiro atoms. The molecule has 0 saturated carbocycles. The molecule has 2 aromatic carbocycles. The van der Waals surface area contributed by atoms with E-state index in [-0.39, 0.29) is 5.95 Å². The lowest BCUT2D eigenvalue weighted by molar-refractivity contribution is 0.244. The topological polar surface area (TPSA) is 92.4 Å². The number of ether oxygens (including phenoxy) is 1. The first-order chi connectivity index (χ1) is 14.2. The molecule has 8 heteroatoms. The van der Waals surface area contributed by atoms with Gasteiger partial charge < -0.3 is 20.7 Å². The molecule has 8 nitrogen and oxygen atoms in total. The summed E-state index contributed by atoms with van der Waals surface area (Å²) in [6.07, 6.45) is 0. The molecule has 3 N–H and O–H groups in total. The summed E-state index contributed by atoms with van der Waals surface area (Å²) in [6, 6.07) is 18.0. The molecule has 0 radical (unpaired) electrons. The number of hydrogen-bond donors (Lipinski definition) is 2. The quantitative estimate of drug-likeness (QED) is 0.662. The molecule has 0 atom stereocenters. The van der Waals surface area contributed by atoms with Gasteiger partial charge in [-0.15, -0.1) is 0 Å². The van der Waals surface area contributed by atoms with Crippen molar-refractivity contribution in [1.29, 1.82) is 0 Å². The fourth-order valence-electron chi connectivity index (χ4n) is 3.37. The van der Waals surface area contributed by atoms with Crippen molar-refractivity contribution in [2.75, 3.05) is 49.2 Å². The van der Waals surface area contributed by atoms with Crippen molar-refractivity contribution in [2.45, 2.75) is 6.54 Å². The van der Waals surface area contributed by atoms with E-state index in [1.54, 1.807) is 7.11 Å². The number of nitrogen functional groups attached to an aromatic ring is 1. The van der Waals surface area contributed by atoms with Gasteiger partial charge in [-0.1, -0.05) is 18.2 Å². The van der Waals surface area contributed by atoms with E-state index in [0.29, 0.717) is 18.3 Å². The molecule has 150 valence electrons. The first kappa shape index (κ1) is 18.9. The third-order valence-corrected chi connectivity index (χ3v) is 4.90. The van der Waals surface area contributed by atoms with Gasteiger partial charge in [0.05, 0.1) is 13.7 Å². The molecule has 1 aliphatic rings. The van der Waals surface area contributed by atoms with E-state index in [9.17, 15) is 0 Å². The normalized spacial score (nSPS) is 14.6. The van der Waals surface area contributed by atoms with Gasteiger partial charge in [-0.25, -0.2) is 0 Å². The highest BCUT2D eigenvalue weighted by Gasteiger charge is 2.19. The second kappa shape index (κ2) is 8.74. The molecule has 0 bridgehead atoms. The number of para-hydroxylation sites is 1. The van der Waals surface area contributed by atoms with Crippen LogP contribution in [0.2, 0.25) is 0 Å². The van der Waals surface area contributed by atoms with E-state index < -0.39 is 0 Å². The van der Waals surface area contributed by atoms with Gasteiger partial charge in [-0.2, -0.15) is 15.0 Å². The van der Waals surface area contributed by atoms with Gasteiger partial charge in [-0.3, -0.25) is 4.90 Å². The Morgan fingerprint density at radius 1 is 0.931 bits per heavy atom. The van der Waals surface area contributed by atoms with Crippen LogP contribution in [0.5, 0.6) is 5.75 Å². The third-order valence-electron chi connectivity index (χ3n) is 4.90. The van der Waals surface area contributed by atoms with E-state index in [1.807, 2.05) is 42.5 Å². The first-order valence-electron chi connectivity index (χ1n) is 9.63. The molecular weight excluding hydrogens is 366 g/mol. The maximum absolute atomic E-state index is 5.90. The third kappa shape index (κ3) is 4.91. The number of nitrogens with one attached hydrogen (secondary N) is 1. The number of aromatic nitrogens is 3. The monoisotopic (exact) mass is 391 g/mol. The maximum Gasteiger partial charge on any atom is 0.232 e. The number of nitrogens with zero attached hydrogens (tertiary/aromatic N) is 5. The van der Waals surface area contributed by atoms with E-state index in [4.69, 9.17) is 10.5 Å².